The molecular formula is C31H33BrN4O2. The van der Waals surface area contributed by atoms with Crippen molar-refractivity contribution in [2.45, 2.75) is 51.6 Å². The van der Waals surface area contributed by atoms with E-state index in [1.807, 2.05) is 55.4 Å². The molecule has 7 heteroatoms. The average molecular weight is 574 g/mol. The van der Waals surface area contributed by atoms with Gasteiger partial charge in [-0.15, -0.1) is 0 Å². The number of nitrogens with zero attached hydrogens (tertiary/aromatic N) is 4. The highest BCUT2D eigenvalue weighted by atomic mass is 79.9. The monoisotopic (exact) mass is 572 g/mol. The topological polar surface area (TPSA) is 59.7 Å². The van der Waals surface area contributed by atoms with Gasteiger partial charge in [0, 0.05) is 41.8 Å². The normalized spacial score (nSPS) is 14.3. The summed E-state index contributed by atoms with van der Waals surface area (Å²) >= 11 is 3.50. The summed E-state index contributed by atoms with van der Waals surface area (Å²) in [6, 6.07) is 20.0. The number of fused-ring (bicyclic) bond motifs is 1. The first-order valence-corrected chi connectivity index (χ1v) is 13.9. The summed E-state index contributed by atoms with van der Waals surface area (Å²) in [4.78, 5) is 20.7. The molecule has 0 radical (unpaired) electrons. The Balaban J connectivity index is 1.55. The Kier molecular flexibility index (Phi) is 7.93. The van der Waals surface area contributed by atoms with E-state index in [2.05, 4.69) is 47.1 Å². The molecule has 1 fully saturated rings. The lowest BCUT2D eigenvalue weighted by Gasteiger charge is -2.23. The molecule has 0 atom stereocenters. The van der Waals surface area contributed by atoms with Crippen LogP contribution in [0.25, 0.3) is 10.9 Å². The first-order chi connectivity index (χ1) is 18.4. The van der Waals surface area contributed by atoms with Gasteiger partial charge in [0.25, 0.3) is 5.56 Å². The predicted molar refractivity (Wildman–Crippen MR) is 159 cm³/mol. The van der Waals surface area contributed by atoms with Crippen molar-refractivity contribution in [2.75, 3.05) is 19.0 Å². The lowest BCUT2D eigenvalue weighted by atomic mass is 9.88. The highest BCUT2D eigenvalue weighted by Crippen LogP contribution is 2.32. The number of rotatable bonds is 7. The third-order valence-electron chi connectivity index (χ3n) is 7.14. The van der Waals surface area contributed by atoms with Gasteiger partial charge in [0.2, 0.25) is 0 Å². The molecule has 1 heterocycles. The van der Waals surface area contributed by atoms with Crippen molar-refractivity contribution in [1.29, 1.82) is 0 Å². The van der Waals surface area contributed by atoms with Gasteiger partial charge in [-0.3, -0.25) is 4.79 Å². The number of benzene rings is 3. The standard InChI is InChI=1S/C31H33BrN4O2/c1-21-9-11-22(12-10-21)20-38-29-18-26(35(2)3)15-13-24(29)19-33-36-30(23-7-5-4-6-8-23)34-28-16-14-25(32)17-27(28)31(36)37/h9-19,23H,4-8,20H2,1-3H3. The molecule has 5 rings (SSSR count). The molecule has 6 nitrogen and oxygen atoms in total. The van der Waals surface area contributed by atoms with Crippen LogP contribution < -0.4 is 15.2 Å². The third kappa shape index (κ3) is 5.83. The van der Waals surface area contributed by atoms with Crippen LogP contribution in [0.1, 0.15) is 60.5 Å². The molecule has 0 bridgehead atoms. The van der Waals surface area contributed by atoms with E-state index in [0.717, 1.165) is 52.8 Å². The van der Waals surface area contributed by atoms with Crippen molar-refractivity contribution in [3.05, 3.63) is 98.0 Å². The van der Waals surface area contributed by atoms with Crippen LogP contribution in [0.15, 0.2) is 75.0 Å². The van der Waals surface area contributed by atoms with Crippen LogP contribution in [-0.4, -0.2) is 30.0 Å². The second kappa shape index (κ2) is 11.5. The maximum atomic E-state index is 13.7. The van der Waals surface area contributed by atoms with Crippen molar-refractivity contribution in [2.24, 2.45) is 5.10 Å². The number of hydrogen-bond donors (Lipinski definition) is 0. The fourth-order valence-corrected chi connectivity index (χ4v) is 5.26. The van der Waals surface area contributed by atoms with Gasteiger partial charge in [-0.1, -0.05) is 65.0 Å². The summed E-state index contributed by atoms with van der Waals surface area (Å²) in [7, 11) is 4.00. The summed E-state index contributed by atoms with van der Waals surface area (Å²) in [5, 5.41) is 5.29. The Hall–Kier alpha value is -3.45. The van der Waals surface area contributed by atoms with Gasteiger partial charge in [0.1, 0.15) is 18.2 Å². The summed E-state index contributed by atoms with van der Waals surface area (Å²) in [5.74, 6) is 1.67. The second-order valence-corrected chi connectivity index (χ2v) is 11.1. The molecule has 0 unspecified atom stereocenters. The van der Waals surface area contributed by atoms with Crippen LogP contribution in [-0.2, 0) is 6.61 Å². The van der Waals surface area contributed by atoms with Gasteiger partial charge >= 0.3 is 0 Å². The maximum Gasteiger partial charge on any atom is 0.282 e. The largest absolute Gasteiger partial charge is 0.488 e. The van der Waals surface area contributed by atoms with E-state index in [1.165, 1.54) is 16.7 Å². The van der Waals surface area contributed by atoms with Crippen LogP contribution in [0.5, 0.6) is 5.75 Å². The lowest BCUT2D eigenvalue weighted by Crippen LogP contribution is -2.25. The zero-order valence-corrected chi connectivity index (χ0v) is 23.7. The molecule has 38 heavy (non-hydrogen) atoms. The molecule has 4 aromatic rings. The maximum absolute atomic E-state index is 13.7. The van der Waals surface area contributed by atoms with Crippen LogP contribution in [0.3, 0.4) is 0 Å². The van der Waals surface area contributed by atoms with Gasteiger partial charge in [-0.05, 0) is 55.7 Å². The van der Waals surface area contributed by atoms with E-state index in [1.54, 1.807) is 6.21 Å². The van der Waals surface area contributed by atoms with Crippen molar-refractivity contribution >= 4 is 38.7 Å². The molecule has 0 N–H and O–H groups in total. The van der Waals surface area contributed by atoms with Gasteiger partial charge in [-0.25, -0.2) is 4.98 Å². The van der Waals surface area contributed by atoms with Crippen LogP contribution in [0.2, 0.25) is 0 Å². The van der Waals surface area contributed by atoms with Gasteiger partial charge < -0.3 is 9.64 Å². The molecule has 0 aliphatic heterocycles. The van der Waals surface area contributed by atoms with Crippen molar-refractivity contribution in [3.8, 4) is 5.75 Å². The Bertz CT molecular complexity index is 1520. The number of aromatic nitrogens is 2. The molecule has 1 aromatic heterocycles. The zero-order valence-electron chi connectivity index (χ0n) is 22.2. The minimum atomic E-state index is -0.153. The Morgan fingerprint density at radius 2 is 1.82 bits per heavy atom. The number of anilines is 1. The molecule has 3 aromatic carbocycles. The van der Waals surface area contributed by atoms with Crippen LogP contribution in [0.4, 0.5) is 5.69 Å². The Labute approximate surface area is 232 Å². The van der Waals surface area contributed by atoms with Crippen LogP contribution >= 0.6 is 15.9 Å². The summed E-state index contributed by atoms with van der Waals surface area (Å²) in [5.41, 5.74) is 4.69. The fraction of sp³-hybridized carbons (Fsp3) is 0.323. The highest BCUT2D eigenvalue weighted by molar-refractivity contribution is 9.10. The number of halogens is 1. The van der Waals surface area contributed by atoms with Crippen LogP contribution in [0, 0.1) is 6.92 Å². The van der Waals surface area contributed by atoms with Crippen molar-refractivity contribution in [3.63, 3.8) is 0 Å². The number of aryl methyl sites for hydroxylation is 1. The number of hydrogen-bond acceptors (Lipinski definition) is 5. The molecular weight excluding hydrogens is 540 g/mol. The van der Waals surface area contributed by atoms with Crippen molar-refractivity contribution in [1.82, 2.24) is 9.66 Å². The fourth-order valence-electron chi connectivity index (χ4n) is 4.90. The van der Waals surface area contributed by atoms with Gasteiger partial charge in [0.05, 0.1) is 17.1 Å². The predicted octanol–water partition coefficient (Wildman–Crippen LogP) is 7.04. The smallest absolute Gasteiger partial charge is 0.282 e. The zero-order chi connectivity index (χ0) is 26.6. The van der Waals surface area contributed by atoms with Gasteiger partial charge in [0.15, 0.2) is 0 Å². The van der Waals surface area contributed by atoms with E-state index < -0.39 is 0 Å². The Morgan fingerprint density at radius 1 is 1.05 bits per heavy atom. The summed E-state index contributed by atoms with van der Waals surface area (Å²) in [6.07, 6.45) is 7.28. The van der Waals surface area contributed by atoms with E-state index in [9.17, 15) is 4.79 Å². The highest BCUT2D eigenvalue weighted by Gasteiger charge is 2.22. The molecule has 1 saturated carbocycles. The molecule has 1 aliphatic carbocycles. The SMILES string of the molecule is Cc1ccc(COc2cc(N(C)C)ccc2C=Nn2c(C3CCCCC3)nc3ccc(Br)cc3c2=O)cc1. The van der Waals surface area contributed by atoms with E-state index in [4.69, 9.17) is 14.8 Å². The quantitative estimate of drug-likeness (QED) is 0.223. The molecule has 0 amide bonds. The second-order valence-electron chi connectivity index (χ2n) is 10.2. The van der Waals surface area contributed by atoms with Crippen molar-refractivity contribution < 1.29 is 4.74 Å². The molecule has 196 valence electrons. The lowest BCUT2D eigenvalue weighted by molar-refractivity contribution is 0.306. The molecule has 0 spiro atoms. The minimum Gasteiger partial charge on any atom is -0.488 e. The third-order valence-corrected chi connectivity index (χ3v) is 7.64. The van der Waals surface area contributed by atoms with Gasteiger partial charge in [-0.2, -0.15) is 9.78 Å². The Morgan fingerprint density at radius 3 is 2.55 bits per heavy atom. The first-order valence-electron chi connectivity index (χ1n) is 13.2. The molecule has 1 aliphatic rings. The summed E-state index contributed by atoms with van der Waals surface area (Å²) < 4.78 is 8.63. The van der Waals surface area contributed by atoms with E-state index in [-0.39, 0.29) is 11.5 Å². The van der Waals surface area contributed by atoms with E-state index >= 15 is 0 Å². The number of ether oxygens (including phenoxy) is 1. The first kappa shape index (κ1) is 26.2. The average Bonchev–Trinajstić information content (AvgIpc) is 2.93. The minimum absolute atomic E-state index is 0.153. The summed E-state index contributed by atoms with van der Waals surface area (Å²) in [6.45, 7) is 2.51. The van der Waals surface area contributed by atoms with E-state index in [0.29, 0.717) is 23.3 Å². The molecule has 0 saturated heterocycles.